The molecular formula is C14H28N2O3. The number of carboxylic acids is 1. The van der Waals surface area contributed by atoms with Gasteiger partial charge in [0, 0.05) is 25.7 Å². The maximum absolute atomic E-state index is 10.8. The summed E-state index contributed by atoms with van der Waals surface area (Å²) in [5, 5.41) is 21.5. The molecule has 5 nitrogen and oxygen atoms in total. The van der Waals surface area contributed by atoms with Crippen LogP contribution in [0.15, 0.2) is 0 Å². The molecule has 0 radical (unpaired) electrons. The zero-order valence-electron chi connectivity index (χ0n) is 12.1. The lowest BCUT2D eigenvalue weighted by Crippen LogP contribution is -2.51. The first-order valence-electron chi connectivity index (χ1n) is 7.29. The van der Waals surface area contributed by atoms with Crippen LogP contribution in [0.4, 0.5) is 0 Å². The molecule has 1 saturated heterocycles. The van der Waals surface area contributed by atoms with Gasteiger partial charge in [-0.2, -0.15) is 0 Å². The predicted molar refractivity (Wildman–Crippen MR) is 75.1 cm³/mol. The molecule has 0 bridgehead atoms. The summed E-state index contributed by atoms with van der Waals surface area (Å²) in [4.78, 5) is 12.8. The van der Waals surface area contributed by atoms with E-state index in [-0.39, 0.29) is 13.2 Å². The average molecular weight is 272 g/mol. The number of hydrogen-bond acceptors (Lipinski definition) is 4. The van der Waals surface area contributed by atoms with Gasteiger partial charge in [-0.1, -0.05) is 13.8 Å². The van der Waals surface area contributed by atoms with Gasteiger partial charge in [0.2, 0.25) is 0 Å². The van der Waals surface area contributed by atoms with Crippen LogP contribution >= 0.6 is 0 Å². The van der Waals surface area contributed by atoms with Crippen LogP contribution in [-0.2, 0) is 4.79 Å². The first-order chi connectivity index (χ1) is 9.01. The average Bonchev–Trinajstić information content (AvgIpc) is 2.27. The van der Waals surface area contributed by atoms with E-state index in [0.717, 1.165) is 38.9 Å². The molecule has 0 aromatic heterocycles. The third kappa shape index (κ3) is 6.89. The van der Waals surface area contributed by atoms with Crippen LogP contribution in [0.5, 0.6) is 0 Å². The second-order valence-corrected chi connectivity index (χ2v) is 6.04. The van der Waals surface area contributed by atoms with Crippen molar-refractivity contribution in [1.29, 1.82) is 0 Å². The monoisotopic (exact) mass is 272 g/mol. The maximum atomic E-state index is 10.8. The summed E-state index contributed by atoms with van der Waals surface area (Å²) in [6.45, 7) is 7.26. The highest BCUT2D eigenvalue weighted by atomic mass is 16.4. The molecule has 1 aliphatic rings. The normalized spacial score (nSPS) is 24.8. The molecule has 1 fully saturated rings. The fraction of sp³-hybridized carbons (Fsp3) is 0.929. The van der Waals surface area contributed by atoms with Crippen LogP contribution < -0.4 is 5.32 Å². The van der Waals surface area contributed by atoms with E-state index in [9.17, 15) is 4.79 Å². The second kappa shape index (κ2) is 8.51. The number of aliphatic hydroxyl groups excluding tert-OH is 1. The van der Waals surface area contributed by atoms with Crippen LogP contribution in [0.25, 0.3) is 0 Å². The van der Waals surface area contributed by atoms with E-state index in [2.05, 4.69) is 19.2 Å². The lowest BCUT2D eigenvalue weighted by molar-refractivity contribution is -0.138. The van der Waals surface area contributed by atoms with Crippen molar-refractivity contribution in [2.24, 2.45) is 11.8 Å². The lowest BCUT2D eigenvalue weighted by atomic mass is 9.91. The molecule has 0 saturated carbocycles. The molecule has 2 atom stereocenters. The number of aliphatic carboxylic acids is 1. The van der Waals surface area contributed by atoms with Gasteiger partial charge in [0.25, 0.3) is 0 Å². The van der Waals surface area contributed by atoms with Gasteiger partial charge in [-0.15, -0.1) is 0 Å². The van der Waals surface area contributed by atoms with Gasteiger partial charge in [0.1, 0.15) is 0 Å². The van der Waals surface area contributed by atoms with Gasteiger partial charge in [-0.05, 0) is 37.6 Å². The highest BCUT2D eigenvalue weighted by molar-refractivity contribution is 5.69. The highest BCUT2D eigenvalue weighted by Crippen LogP contribution is 2.19. The van der Waals surface area contributed by atoms with Gasteiger partial charge < -0.3 is 15.5 Å². The number of nitrogens with one attached hydrogen (secondary N) is 1. The largest absolute Gasteiger partial charge is 0.480 e. The summed E-state index contributed by atoms with van der Waals surface area (Å²) in [5.74, 6) is 0.305. The molecular weight excluding hydrogens is 244 g/mol. The van der Waals surface area contributed by atoms with Crippen molar-refractivity contribution < 1.29 is 15.0 Å². The van der Waals surface area contributed by atoms with Crippen LogP contribution in [-0.4, -0.2) is 59.9 Å². The fourth-order valence-corrected chi connectivity index (χ4v) is 2.74. The van der Waals surface area contributed by atoms with Gasteiger partial charge in [-0.25, -0.2) is 0 Å². The third-order valence-electron chi connectivity index (χ3n) is 3.66. The molecule has 1 heterocycles. The first-order valence-corrected chi connectivity index (χ1v) is 7.29. The smallest absolute Gasteiger partial charge is 0.317 e. The maximum Gasteiger partial charge on any atom is 0.317 e. The Morgan fingerprint density at radius 2 is 2.16 bits per heavy atom. The molecule has 112 valence electrons. The van der Waals surface area contributed by atoms with Gasteiger partial charge in [0.05, 0.1) is 6.54 Å². The Kier molecular flexibility index (Phi) is 7.34. The van der Waals surface area contributed by atoms with Gasteiger partial charge >= 0.3 is 5.97 Å². The number of hydrogen-bond donors (Lipinski definition) is 3. The van der Waals surface area contributed by atoms with E-state index >= 15 is 0 Å². The summed E-state index contributed by atoms with van der Waals surface area (Å²) in [6.07, 6.45) is 2.94. The first kappa shape index (κ1) is 16.4. The van der Waals surface area contributed by atoms with E-state index in [1.165, 1.54) is 0 Å². The third-order valence-corrected chi connectivity index (χ3v) is 3.66. The summed E-state index contributed by atoms with van der Waals surface area (Å²) < 4.78 is 0. The Balaban J connectivity index is 2.42. The Hall–Kier alpha value is -0.650. The number of nitrogens with zero attached hydrogens (tertiary/aromatic N) is 1. The predicted octanol–water partition coefficient (Wildman–Crippen LogP) is 0.780. The van der Waals surface area contributed by atoms with Crippen LogP contribution in [0.1, 0.15) is 33.1 Å². The van der Waals surface area contributed by atoms with Crippen molar-refractivity contribution in [2.45, 2.75) is 39.2 Å². The van der Waals surface area contributed by atoms with Crippen molar-refractivity contribution >= 4 is 5.97 Å². The van der Waals surface area contributed by atoms with E-state index in [4.69, 9.17) is 10.2 Å². The Bertz CT molecular complexity index is 271. The molecule has 1 rings (SSSR count). The molecule has 0 spiro atoms. The number of piperidine rings is 1. The minimum Gasteiger partial charge on any atom is -0.480 e. The van der Waals surface area contributed by atoms with Crippen molar-refractivity contribution in [2.75, 3.05) is 32.8 Å². The Morgan fingerprint density at radius 3 is 2.74 bits per heavy atom. The second-order valence-electron chi connectivity index (χ2n) is 6.04. The summed E-state index contributed by atoms with van der Waals surface area (Å²) in [5.41, 5.74) is 0. The SMILES string of the molecule is CC(C)CCNC1CC(CCO)CN(CC(=O)O)C1. The molecule has 5 heteroatoms. The molecule has 1 aliphatic heterocycles. The molecule has 3 N–H and O–H groups in total. The molecule has 2 unspecified atom stereocenters. The van der Waals surface area contributed by atoms with Crippen molar-refractivity contribution in [1.82, 2.24) is 10.2 Å². The Morgan fingerprint density at radius 1 is 1.42 bits per heavy atom. The van der Waals surface area contributed by atoms with E-state index in [1.807, 2.05) is 4.90 Å². The fourth-order valence-electron chi connectivity index (χ4n) is 2.74. The van der Waals surface area contributed by atoms with Crippen LogP contribution in [0.2, 0.25) is 0 Å². The van der Waals surface area contributed by atoms with Gasteiger partial charge in [0.15, 0.2) is 0 Å². The van der Waals surface area contributed by atoms with Crippen molar-refractivity contribution in [3.05, 3.63) is 0 Å². The number of likely N-dealkylation sites (tertiary alicyclic amines) is 1. The lowest BCUT2D eigenvalue weighted by Gasteiger charge is -2.37. The quantitative estimate of drug-likeness (QED) is 0.609. The number of carboxylic acid groups (broad SMARTS) is 1. The molecule has 0 aromatic carbocycles. The molecule has 0 amide bonds. The number of rotatable bonds is 8. The number of aliphatic hydroxyl groups is 1. The molecule has 0 aliphatic carbocycles. The zero-order chi connectivity index (χ0) is 14.3. The summed E-state index contributed by atoms with van der Waals surface area (Å²) in [7, 11) is 0. The van der Waals surface area contributed by atoms with E-state index in [0.29, 0.717) is 17.9 Å². The molecule has 0 aromatic rings. The zero-order valence-corrected chi connectivity index (χ0v) is 12.1. The van der Waals surface area contributed by atoms with Gasteiger partial charge in [-0.3, -0.25) is 9.69 Å². The van der Waals surface area contributed by atoms with E-state index in [1.54, 1.807) is 0 Å². The topological polar surface area (TPSA) is 72.8 Å². The van der Waals surface area contributed by atoms with Crippen molar-refractivity contribution in [3.8, 4) is 0 Å². The highest BCUT2D eigenvalue weighted by Gasteiger charge is 2.27. The van der Waals surface area contributed by atoms with Crippen LogP contribution in [0.3, 0.4) is 0 Å². The minimum atomic E-state index is -0.773. The van der Waals surface area contributed by atoms with Crippen molar-refractivity contribution in [3.63, 3.8) is 0 Å². The number of carbonyl (C=O) groups is 1. The Labute approximate surface area is 116 Å². The molecule has 19 heavy (non-hydrogen) atoms. The summed E-state index contributed by atoms with van der Waals surface area (Å²) in [6, 6.07) is 0.350. The standard InChI is InChI=1S/C14H28N2O3/c1-11(2)3-5-15-13-7-12(4-6-17)8-16(9-13)10-14(18)19/h11-13,15,17H,3-10H2,1-2H3,(H,18,19). The minimum absolute atomic E-state index is 0.101. The van der Waals surface area contributed by atoms with Crippen LogP contribution in [0, 0.1) is 11.8 Å². The summed E-state index contributed by atoms with van der Waals surface area (Å²) >= 11 is 0. The van der Waals surface area contributed by atoms with E-state index < -0.39 is 5.97 Å².